The Morgan fingerprint density at radius 2 is 2.05 bits per heavy atom. The molecule has 3 rings (SSSR count). The zero-order valence-corrected chi connectivity index (χ0v) is 11.0. The number of ether oxygens (including phenoxy) is 3. The van der Waals surface area contributed by atoms with Crippen molar-refractivity contribution in [2.45, 2.75) is 24.2 Å². The van der Waals surface area contributed by atoms with E-state index in [1.807, 2.05) is 0 Å². The molecular weight excluding hydrogens is 262 g/mol. The van der Waals surface area contributed by atoms with Gasteiger partial charge in [-0.1, -0.05) is 12.2 Å². The minimum atomic E-state index is -0.972. The van der Waals surface area contributed by atoms with Gasteiger partial charge < -0.3 is 30.2 Å². The first kappa shape index (κ1) is 13.2. The molecule has 1 aromatic rings. The van der Waals surface area contributed by atoms with Crippen LogP contribution >= 0.6 is 0 Å². The Balaban J connectivity index is 2.04. The number of methoxy groups -OCH3 is 1. The average molecular weight is 279 g/mol. The molecule has 4 N–H and O–H groups in total. The molecule has 0 aromatic heterocycles. The molecule has 0 spiro atoms. The molecule has 0 unspecified atom stereocenters. The van der Waals surface area contributed by atoms with Crippen molar-refractivity contribution in [3.63, 3.8) is 0 Å². The molecule has 1 aliphatic carbocycles. The zero-order chi connectivity index (χ0) is 14.3. The van der Waals surface area contributed by atoms with Gasteiger partial charge in [-0.2, -0.15) is 0 Å². The van der Waals surface area contributed by atoms with Gasteiger partial charge in [-0.3, -0.25) is 0 Å². The van der Waals surface area contributed by atoms with E-state index >= 15 is 0 Å². The van der Waals surface area contributed by atoms with E-state index in [-0.39, 0.29) is 6.79 Å². The van der Waals surface area contributed by atoms with Crippen molar-refractivity contribution >= 4 is 0 Å². The van der Waals surface area contributed by atoms with Crippen LogP contribution in [0, 0.1) is 0 Å². The van der Waals surface area contributed by atoms with Crippen LogP contribution in [0.25, 0.3) is 0 Å². The molecule has 0 saturated carbocycles. The number of hydrogen-bond donors (Lipinski definition) is 3. The summed E-state index contributed by atoms with van der Waals surface area (Å²) in [6.07, 6.45) is 1.30. The van der Waals surface area contributed by atoms with E-state index in [0.29, 0.717) is 17.2 Å². The fourth-order valence-electron chi connectivity index (χ4n) is 2.68. The predicted molar refractivity (Wildman–Crippen MR) is 71.0 cm³/mol. The molecule has 0 fully saturated rings. The maximum absolute atomic E-state index is 10.2. The highest BCUT2D eigenvalue weighted by Crippen LogP contribution is 2.44. The van der Waals surface area contributed by atoms with Gasteiger partial charge in [0.05, 0.1) is 19.3 Å². The molecule has 20 heavy (non-hydrogen) atoms. The maximum Gasteiger partial charge on any atom is 0.231 e. The van der Waals surface area contributed by atoms with Crippen molar-refractivity contribution in [1.29, 1.82) is 0 Å². The van der Waals surface area contributed by atoms with Crippen LogP contribution in [-0.4, -0.2) is 42.4 Å². The first-order valence-corrected chi connectivity index (χ1v) is 6.39. The summed E-state index contributed by atoms with van der Waals surface area (Å²) in [5, 5.41) is 19.9. The van der Waals surface area contributed by atoms with E-state index in [2.05, 4.69) is 0 Å². The number of aliphatic hydroxyl groups is 2. The fourth-order valence-corrected chi connectivity index (χ4v) is 2.68. The highest BCUT2D eigenvalue weighted by Gasteiger charge is 2.35. The smallest absolute Gasteiger partial charge is 0.231 e. The van der Waals surface area contributed by atoms with Crippen molar-refractivity contribution in [1.82, 2.24) is 0 Å². The van der Waals surface area contributed by atoms with E-state index in [1.165, 1.54) is 13.2 Å². The van der Waals surface area contributed by atoms with Crippen LogP contribution in [0.2, 0.25) is 0 Å². The molecule has 0 bridgehead atoms. The second kappa shape index (κ2) is 4.97. The number of rotatable bonds is 2. The van der Waals surface area contributed by atoms with Gasteiger partial charge in [-0.15, -0.1) is 0 Å². The largest absolute Gasteiger partial charge is 0.493 e. The Morgan fingerprint density at radius 3 is 2.80 bits per heavy atom. The Kier molecular flexibility index (Phi) is 3.29. The van der Waals surface area contributed by atoms with Gasteiger partial charge in [0, 0.05) is 12.0 Å². The third kappa shape index (κ3) is 2.02. The molecular formula is C14H17NO5. The molecule has 0 amide bonds. The molecule has 6 heteroatoms. The third-order valence-electron chi connectivity index (χ3n) is 3.73. The maximum atomic E-state index is 10.2. The van der Waals surface area contributed by atoms with Gasteiger partial charge in [0.1, 0.15) is 0 Å². The second-order valence-electron chi connectivity index (χ2n) is 4.93. The summed E-state index contributed by atoms with van der Waals surface area (Å²) in [6.45, 7) is 0.136. The summed E-state index contributed by atoms with van der Waals surface area (Å²) < 4.78 is 16.0. The zero-order valence-electron chi connectivity index (χ0n) is 11.0. The second-order valence-corrected chi connectivity index (χ2v) is 4.93. The lowest BCUT2D eigenvalue weighted by atomic mass is 9.80. The molecule has 4 atom stereocenters. The molecule has 0 radical (unpaired) electrons. The molecule has 6 nitrogen and oxygen atoms in total. The molecule has 108 valence electrons. The van der Waals surface area contributed by atoms with Crippen molar-refractivity contribution in [3.8, 4) is 17.2 Å². The minimum Gasteiger partial charge on any atom is -0.493 e. The lowest BCUT2D eigenvalue weighted by Gasteiger charge is -2.33. The predicted octanol–water partition coefficient (Wildman–Crippen LogP) is 0.126. The van der Waals surface area contributed by atoms with Crippen LogP contribution in [-0.2, 0) is 0 Å². The number of aliphatic hydroxyl groups excluding tert-OH is 2. The van der Waals surface area contributed by atoms with Gasteiger partial charge in [0.2, 0.25) is 12.5 Å². The minimum absolute atomic E-state index is 0.136. The van der Waals surface area contributed by atoms with E-state index in [0.717, 1.165) is 5.56 Å². The number of hydrogen-bond acceptors (Lipinski definition) is 6. The van der Waals surface area contributed by atoms with Gasteiger partial charge in [0.15, 0.2) is 11.5 Å². The standard InChI is InChI=1S/C14H17NO5/c1-18-10-4-7(5-11-14(10)20-6-19-11)12-8(15)2-3-9(16)13(12)17/h2-5,8-9,12-13,16-17H,6,15H2,1H3/t8-,9+,12+,13-/m0/s1. The summed E-state index contributed by atoms with van der Waals surface area (Å²) in [7, 11) is 1.53. The Morgan fingerprint density at radius 1 is 1.25 bits per heavy atom. The Labute approximate surface area is 116 Å². The highest BCUT2D eigenvalue weighted by molar-refractivity contribution is 5.56. The molecule has 1 aromatic carbocycles. The van der Waals surface area contributed by atoms with Gasteiger partial charge in [-0.25, -0.2) is 0 Å². The summed E-state index contributed by atoms with van der Waals surface area (Å²) >= 11 is 0. The quantitative estimate of drug-likeness (QED) is 0.666. The molecule has 0 saturated heterocycles. The van der Waals surface area contributed by atoms with Crippen molar-refractivity contribution in [2.75, 3.05) is 13.9 Å². The summed E-state index contributed by atoms with van der Waals surface area (Å²) in [5.74, 6) is 1.20. The summed E-state index contributed by atoms with van der Waals surface area (Å²) in [6, 6.07) is 3.14. The summed E-state index contributed by atoms with van der Waals surface area (Å²) in [5.41, 5.74) is 6.77. The number of benzene rings is 1. The van der Waals surface area contributed by atoms with Crippen molar-refractivity contribution < 1.29 is 24.4 Å². The van der Waals surface area contributed by atoms with Crippen molar-refractivity contribution in [3.05, 3.63) is 29.8 Å². The van der Waals surface area contributed by atoms with E-state index < -0.39 is 24.2 Å². The number of nitrogens with two attached hydrogens (primary N) is 1. The molecule has 1 heterocycles. The SMILES string of the molecule is COc1cc([C@H]2[C@@H](O)[C@H](O)C=C[C@@H]2N)cc2c1OCO2. The van der Waals surface area contributed by atoms with Crippen LogP contribution in [0.3, 0.4) is 0 Å². The fraction of sp³-hybridized carbons (Fsp3) is 0.429. The monoisotopic (exact) mass is 279 g/mol. The molecule has 2 aliphatic rings. The lowest BCUT2D eigenvalue weighted by molar-refractivity contribution is 0.0205. The Bertz CT molecular complexity index is 545. The van der Waals surface area contributed by atoms with Crippen LogP contribution in [0.1, 0.15) is 11.5 Å². The van der Waals surface area contributed by atoms with Crippen molar-refractivity contribution in [2.24, 2.45) is 5.73 Å². The van der Waals surface area contributed by atoms with Crippen LogP contribution in [0.15, 0.2) is 24.3 Å². The topological polar surface area (TPSA) is 94.2 Å². The van der Waals surface area contributed by atoms with E-state index in [9.17, 15) is 10.2 Å². The van der Waals surface area contributed by atoms with Gasteiger partial charge in [-0.05, 0) is 17.7 Å². The van der Waals surface area contributed by atoms with Gasteiger partial charge >= 0.3 is 0 Å². The normalized spacial score (nSPS) is 31.4. The van der Waals surface area contributed by atoms with E-state index in [4.69, 9.17) is 19.9 Å². The van der Waals surface area contributed by atoms with Gasteiger partial charge in [0.25, 0.3) is 0 Å². The lowest BCUT2D eigenvalue weighted by Crippen LogP contribution is -2.43. The number of fused-ring (bicyclic) bond motifs is 1. The van der Waals surface area contributed by atoms with Crippen LogP contribution in [0.4, 0.5) is 0 Å². The first-order valence-electron chi connectivity index (χ1n) is 6.39. The summed E-state index contributed by atoms with van der Waals surface area (Å²) in [4.78, 5) is 0. The first-order chi connectivity index (χ1) is 9.61. The molecule has 1 aliphatic heterocycles. The third-order valence-corrected chi connectivity index (χ3v) is 3.73. The van der Waals surface area contributed by atoms with E-state index in [1.54, 1.807) is 18.2 Å². The van der Waals surface area contributed by atoms with Crippen LogP contribution in [0.5, 0.6) is 17.2 Å². The average Bonchev–Trinajstić information content (AvgIpc) is 2.91. The highest BCUT2D eigenvalue weighted by atomic mass is 16.7. The Hall–Kier alpha value is -1.76. The van der Waals surface area contributed by atoms with Crippen LogP contribution < -0.4 is 19.9 Å².